The minimum Gasteiger partial charge on any atom is -0.478 e. The lowest BCUT2D eigenvalue weighted by molar-refractivity contribution is -0.144. The average Bonchev–Trinajstić information content (AvgIpc) is 3.65. The summed E-state index contributed by atoms with van der Waals surface area (Å²) in [6, 6.07) is 13.2. The third kappa shape index (κ3) is 9.50. The molecule has 3 atom stereocenters. The Kier molecular flexibility index (Phi) is 12.9. The molecule has 11 nitrogen and oxygen atoms in total. The lowest BCUT2D eigenvalue weighted by Gasteiger charge is -2.41. The van der Waals surface area contributed by atoms with Gasteiger partial charge in [0.1, 0.15) is 5.82 Å². The van der Waals surface area contributed by atoms with Crippen LogP contribution in [-0.4, -0.2) is 53.1 Å². The molecule has 54 heavy (non-hydrogen) atoms. The number of aliphatic carboxylic acids is 1. The maximum Gasteiger partial charge on any atom is 0.649 e. The number of nitrogens with one attached hydrogen (secondary N) is 1. The average molecular weight is 773 g/mol. The number of alkyl halides is 3. The quantitative estimate of drug-likeness (QED) is 0.0612. The fourth-order valence-corrected chi connectivity index (χ4v) is 8.07. The highest BCUT2D eigenvalue weighted by Gasteiger charge is 2.43. The summed E-state index contributed by atoms with van der Waals surface area (Å²) in [7, 11) is -2.61. The van der Waals surface area contributed by atoms with Crippen molar-refractivity contribution in [3.63, 3.8) is 0 Å². The molecular weight excluding hydrogens is 733 g/mol. The number of benzene rings is 3. The first-order chi connectivity index (χ1) is 25.6. The van der Waals surface area contributed by atoms with Gasteiger partial charge in [0.25, 0.3) is 5.91 Å². The molecule has 2 fully saturated rings. The number of esters is 1. The summed E-state index contributed by atoms with van der Waals surface area (Å²) < 4.78 is 81.5. The minimum atomic E-state index is -4.65. The molecule has 286 valence electrons. The number of carboxylic acids is 1. The summed E-state index contributed by atoms with van der Waals surface area (Å²) in [6.07, 6.45) is 0.382. The molecule has 1 saturated heterocycles. The molecule has 0 spiro atoms. The van der Waals surface area contributed by atoms with E-state index in [0.29, 0.717) is 48.2 Å². The van der Waals surface area contributed by atoms with E-state index < -0.39 is 68.2 Å². The number of anilines is 2. The zero-order valence-corrected chi connectivity index (χ0v) is 30.4. The van der Waals surface area contributed by atoms with E-state index in [-0.39, 0.29) is 35.8 Å². The SMILES string of the molecule is Cc1ccc(NC(=O)[C@H]2CCCN(C(=O)c3c(C)cccc3F)[C@H]2c2ccc(N(C3CCCC3)[P+](=O)OCOC(=O)/C=C/C(=O)O)cc2)cc1C(F)(F)F. The highest BCUT2D eigenvalue weighted by atomic mass is 31.1. The third-order valence-electron chi connectivity index (χ3n) is 9.55. The van der Waals surface area contributed by atoms with Gasteiger partial charge in [0.15, 0.2) is 0 Å². The largest absolute Gasteiger partial charge is 0.649 e. The number of piperidine rings is 1. The lowest BCUT2D eigenvalue weighted by atomic mass is 9.83. The molecule has 1 aliphatic carbocycles. The molecule has 1 aliphatic heterocycles. The van der Waals surface area contributed by atoms with Gasteiger partial charge in [-0.05, 0) is 91.1 Å². The number of carbonyl (C=O) groups excluding carboxylic acids is 3. The third-order valence-corrected chi connectivity index (χ3v) is 10.8. The van der Waals surface area contributed by atoms with E-state index in [1.54, 1.807) is 41.9 Å². The highest BCUT2D eigenvalue weighted by molar-refractivity contribution is 7.41. The number of hydrogen-bond acceptors (Lipinski definition) is 7. The number of halogens is 4. The van der Waals surface area contributed by atoms with Crippen molar-refractivity contribution in [1.29, 1.82) is 0 Å². The van der Waals surface area contributed by atoms with Crippen molar-refractivity contribution in [2.75, 3.05) is 23.3 Å². The Morgan fingerprint density at radius 1 is 0.963 bits per heavy atom. The Morgan fingerprint density at radius 2 is 1.67 bits per heavy atom. The standard InChI is InChI=1S/C38H38F4N3O8P/c1-23-12-15-26(21-30(23)38(40,41)42)43-36(49)29-10-6-20-44(37(50)34-24(2)7-5-11-31(34)39)35(29)25-13-16-28(17-14-25)45(27-8-3-4-9-27)54(51)53-22-52-33(48)19-18-32(46)47/h5,7,11-19,21,27,29,35H,3-4,6,8-10,20,22H2,1-2H3,(H-,43,46,47,49)/p+1/b19-18+/t29-,35-/m0/s1. The van der Waals surface area contributed by atoms with E-state index in [0.717, 1.165) is 18.9 Å². The molecule has 0 radical (unpaired) electrons. The number of carboxylic acid groups (broad SMARTS) is 1. The van der Waals surface area contributed by atoms with Gasteiger partial charge in [0, 0.05) is 24.4 Å². The van der Waals surface area contributed by atoms with Crippen molar-refractivity contribution in [2.24, 2.45) is 5.92 Å². The Hall–Kier alpha value is -5.14. The lowest BCUT2D eigenvalue weighted by Crippen LogP contribution is -2.46. The number of rotatable bonds is 12. The zero-order valence-electron chi connectivity index (χ0n) is 29.5. The number of carbonyl (C=O) groups is 4. The van der Waals surface area contributed by atoms with E-state index in [2.05, 4.69) is 5.32 Å². The Balaban J connectivity index is 1.46. The number of nitrogens with zero attached hydrogens (tertiary/aromatic N) is 2. The van der Waals surface area contributed by atoms with Crippen molar-refractivity contribution in [1.82, 2.24) is 4.90 Å². The number of amides is 2. The smallest absolute Gasteiger partial charge is 0.478 e. The predicted octanol–water partition coefficient (Wildman–Crippen LogP) is 8.26. The molecule has 2 amide bonds. The van der Waals surface area contributed by atoms with Crippen LogP contribution in [0.2, 0.25) is 0 Å². The predicted molar refractivity (Wildman–Crippen MR) is 190 cm³/mol. The summed E-state index contributed by atoms with van der Waals surface area (Å²) in [5.74, 6) is -5.32. The first-order valence-electron chi connectivity index (χ1n) is 17.3. The van der Waals surface area contributed by atoms with Gasteiger partial charge < -0.3 is 20.1 Å². The molecule has 2 N–H and O–H groups in total. The Labute approximate surface area is 309 Å². The van der Waals surface area contributed by atoms with Gasteiger partial charge in [-0.3, -0.25) is 9.59 Å². The number of aryl methyl sites for hydroxylation is 2. The molecule has 0 bridgehead atoms. The van der Waals surface area contributed by atoms with Gasteiger partial charge in [-0.1, -0.05) is 47.7 Å². The molecule has 5 rings (SSSR count). The maximum atomic E-state index is 15.1. The van der Waals surface area contributed by atoms with Crippen LogP contribution in [0.15, 0.2) is 72.8 Å². The molecule has 1 saturated carbocycles. The first kappa shape index (κ1) is 40.1. The van der Waals surface area contributed by atoms with E-state index in [9.17, 15) is 36.9 Å². The normalized spacial score (nSPS) is 18.0. The van der Waals surface area contributed by atoms with Crippen LogP contribution in [0.4, 0.5) is 28.9 Å². The molecule has 16 heteroatoms. The maximum absolute atomic E-state index is 15.1. The van der Waals surface area contributed by atoms with Gasteiger partial charge in [-0.15, -0.1) is 4.67 Å². The van der Waals surface area contributed by atoms with Crippen molar-refractivity contribution in [3.05, 3.63) is 106 Å². The van der Waals surface area contributed by atoms with Gasteiger partial charge in [-0.25, -0.2) is 14.0 Å². The van der Waals surface area contributed by atoms with Crippen molar-refractivity contribution >= 4 is 43.3 Å². The number of ether oxygens (including phenoxy) is 1. The van der Waals surface area contributed by atoms with Crippen molar-refractivity contribution < 1.29 is 55.7 Å². The zero-order chi connectivity index (χ0) is 39.2. The second-order valence-corrected chi connectivity index (χ2v) is 14.3. The van der Waals surface area contributed by atoms with Crippen LogP contribution in [0.3, 0.4) is 0 Å². The van der Waals surface area contributed by atoms with Crippen molar-refractivity contribution in [2.45, 2.75) is 70.6 Å². The summed E-state index contributed by atoms with van der Waals surface area (Å²) in [5.41, 5.74) is 0.185. The summed E-state index contributed by atoms with van der Waals surface area (Å²) in [5, 5.41) is 11.3. The number of likely N-dealkylation sites (tertiary alicyclic amines) is 1. The van der Waals surface area contributed by atoms with Crippen LogP contribution < -0.4 is 9.99 Å². The molecule has 3 aromatic carbocycles. The summed E-state index contributed by atoms with van der Waals surface area (Å²) >= 11 is 0. The van der Waals surface area contributed by atoms with Crippen LogP contribution in [0, 0.1) is 25.6 Å². The fourth-order valence-electron chi connectivity index (χ4n) is 6.99. The Bertz CT molecular complexity index is 1910. The van der Waals surface area contributed by atoms with Gasteiger partial charge in [0.2, 0.25) is 12.7 Å². The van der Waals surface area contributed by atoms with Crippen LogP contribution >= 0.6 is 8.18 Å². The molecule has 3 aromatic rings. The summed E-state index contributed by atoms with van der Waals surface area (Å²) in [4.78, 5) is 51.9. The second kappa shape index (κ2) is 17.3. The van der Waals surface area contributed by atoms with Crippen molar-refractivity contribution in [3.8, 4) is 0 Å². The summed E-state index contributed by atoms with van der Waals surface area (Å²) in [6.45, 7) is 2.37. The van der Waals surface area contributed by atoms with Crippen LogP contribution in [-0.2, 0) is 34.4 Å². The van der Waals surface area contributed by atoms with Gasteiger partial charge in [-0.2, -0.15) is 13.2 Å². The Morgan fingerprint density at radius 3 is 2.31 bits per heavy atom. The van der Waals surface area contributed by atoms with E-state index in [4.69, 9.17) is 14.4 Å². The highest BCUT2D eigenvalue weighted by Crippen LogP contribution is 2.44. The van der Waals surface area contributed by atoms with Crippen LogP contribution in [0.1, 0.15) is 77.2 Å². The molecule has 1 unspecified atom stereocenters. The van der Waals surface area contributed by atoms with E-state index in [1.807, 2.05) is 0 Å². The van der Waals surface area contributed by atoms with Crippen LogP contribution in [0.5, 0.6) is 0 Å². The van der Waals surface area contributed by atoms with Gasteiger partial charge >= 0.3 is 26.3 Å². The molecular formula is C38H39F4N3O8P+. The van der Waals surface area contributed by atoms with E-state index >= 15 is 4.39 Å². The fraction of sp³-hybridized carbons (Fsp3) is 0.368. The minimum absolute atomic E-state index is 0.0131. The first-order valence-corrected chi connectivity index (χ1v) is 18.4. The topological polar surface area (TPSA) is 143 Å². The molecule has 0 aromatic heterocycles. The monoisotopic (exact) mass is 772 g/mol. The number of hydrogen-bond donors (Lipinski definition) is 2. The van der Waals surface area contributed by atoms with Gasteiger partial charge in [0.05, 0.1) is 34.8 Å². The molecule has 1 heterocycles. The molecule has 2 aliphatic rings. The van der Waals surface area contributed by atoms with E-state index in [1.165, 1.54) is 36.1 Å². The van der Waals surface area contributed by atoms with Crippen LogP contribution in [0.25, 0.3) is 0 Å². The second-order valence-electron chi connectivity index (χ2n) is 13.1.